The highest BCUT2D eigenvalue weighted by Crippen LogP contribution is 2.15. The highest BCUT2D eigenvalue weighted by Gasteiger charge is 2.03. The van der Waals surface area contributed by atoms with Crippen LogP contribution in [0.15, 0.2) is 24.3 Å². The molecule has 0 atom stereocenters. The van der Waals surface area contributed by atoms with Crippen LogP contribution in [0.5, 0.6) is 5.75 Å². The molecule has 0 saturated carbocycles. The van der Waals surface area contributed by atoms with Crippen LogP contribution in [0.1, 0.15) is 5.56 Å². The molecule has 0 bridgehead atoms. The standard InChI is InChI=1S/C9H7F2NO/c1-12-6-7-2-4-8(5-3-7)13-9(10)11/h2-5,9H,6H2. The summed E-state index contributed by atoms with van der Waals surface area (Å²) in [6.07, 6.45) is 0. The minimum absolute atomic E-state index is 0.115. The number of halogens is 2. The Morgan fingerprint density at radius 1 is 1.31 bits per heavy atom. The van der Waals surface area contributed by atoms with Crippen molar-refractivity contribution in [3.8, 4) is 5.75 Å². The SMILES string of the molecule is [C-]#[N+]Cc1ccc(OC(F)F)cc1. The summed E-state index contributed by atoms with van der Waals surface area (Å²) in [4.78, 5) is 3.16. The van der Waals surface area contributed by atoms with Crippen molar-refractivity contribution in [2.24, 2.45) is 0 Å². The van der Waals surface area contributed by atoms with E-state index in [0.29, 0.717) is 0 Å². The average molecular weight is 183 g/mol. The van der Waals surface area contributed by atoms with Crippen molar-refractivity contribution < 1.29 is 13.5 Å². The van der Waals surface area contributed by atoms with Gasteiger partial charge in [-0.25, -0.2) is 6.57 Å². The van der Waals surface area contributed by atoms with E-state index in [1.54, 1.807) is 12.1 Å². The summed E-state index contributed by atoms with van der Waals surface area (Å²) in [6, 6.07) is 6.03. The van der Waals surface area contributed by atoms with Gasteiger partial charge in [-0.1, -0.05) is 0 Å². The number of rotatable bonds is 3. The van der Waals surface area contributed by atoms with Crippen molar-refractivity contribution in [1.82, 2.24) is 0 Å². The molecule has 0 amide bonds. The Morgan fingerprint density at radius 3 is 2.38 bits per heavy atom. The third-order valence-corrected chi connectivity index (χ3v) is 1.41. The summed E-state index contributed by atoms with van der Waals surface area (Å²) in [5.41, 5.74) is 0.789. The predicted molar refractivity (Wildman–Crippen MR) is 43.4 cm³/mol. The molecule has 1 aromatic carbocycles. The van der Waals surface area contributed by atoms with Gasteiger partial charge in [0.1, 0.15) is 5.75 Å². The molecule has 0 aliphatic heterocycles. The minimum atomic E-state index is -2.80. The topological polar surface area (TPSA) is 13.6 Å². The van der Waals surface area contributed by atoms with Crippen LogP contribution in [0.4, 0.5) is 8.78 Å². The number of hydrogen-bond acceptors (Lipinski definition) is 1. The van der Waals surface area contributed by atoms with E-state index in [2.05, 4.69) is 9.58 Å². The van der Waals surface area contributed by atoms with Crippen molar-refractivity contribution in [2.75, 3.05) is 0 Å². The molecule has 68 valence electrons. The summed E-state index contributed by atoms with van der Waals surface area (Å²) < 4.78 is 27.5. The first-order valence-corrected chi connectivity index (χ1v) is 3.59. The van der Waals surface area contributed by atoms with Crippen molar-refractivity contribution >= 4 is 0 Å². The van der Waals surface area contributed by atoms with Crippen LogP contribution in [-0.4, -0.2) is 6.61 Å². The van der Waals surface area contributed by atoms with E-state index < -0.39 is 6.61 Å². The van der Waals surface area contributed by atoms with E-state index in [1.807, 2.05) is 0 Å². The number of alkyl halides is 2. The van der Waals surface area contributed by atoms with Gasteiger partial charge in [0.25, 0.3) is 0 Å². The molecule has 0 radical (unpaired) electrons. The third-order valence-electron chi connectivity index (χ3n) is 1.41. The smallest absolute Gasteiger partial charge is 0.387 e. The monoisotopic (exact) mass is 183 g/mol. The third kappa shape index (κ3) is 3.08. The number of ether oxygens (including phenoxy) is 1. The first-order valence-electron chi connectivity index (χ1n) is 3.59. The first kappa shape index (κ1) is 9.46. The molecule has 0 aliphatic carbocycles. The van der Waals surface area contributed by atoms with Gasteiger partial charge in [-0.15, -0.1) is 0 Å². The summed E-state index contributed by atoms with van der Waals surface area (Å²) in [5.74, 6) is 0.115. The van der Waals surface area contributed by atoms with Gasteiger partial charge in [-0.2, -0.15) is 8.78 Å². The molecule has 0 fully saturated rings. The molecule has 0 spiro atoms. The fourth-order valence-corrected chi connectivity index (χ4v) is 0.868. The Balaban J connectivity index is 2.65. The van der Waals surface area contributed by atoms with Gasteiger partial charge < -0.3 is 9.58 Å². The molecule has 0 saturated heterocycles. The molecule has 13 heavy (non-hydrogen) atoms. The fourth-order valence-electron chi connectivity index (χ4n) is 0.868. The van der Waals surface area contributed by atoms with Crippen LogP contribution in [0.3, 0.4) is 0 Å². The molecule has 0 aromatic heterocycles. The first-order chi connectivity index (χ1) is 6.22. The van der Waals surface area contributed by atoms with Crippen LogP contribution < -0.4 is 4.74 Å². The van der Waals surface area contributed by atoms with Gasteiger partial charge in [0.05, 0.1) is 0 Å². The molecule has 0 aliphatic rings. The Morgan fingerprint density at radius 2 is 1.92 bits per heavy atom. The predicted octanol–water partition coefficient (Wildman–Crippen LogP) is 2.71. The summed E-state index contributed by atoms with van der Waals surface area (Å²) in [5, 5.41) is 0. The number of nitrogens with zero attached hydrogens (tertiary/aromatic N) is 1. The maximum Gasteiger partial charge on any atom is 0.387 e. The van der Waals surface area contributed by atoms with Gasteiger partial charge in [0.15, 0.2) is 0 Å². The van der Waals surface area contributed by atoms with Gasteiger partial charge in [-0.3, -0.25) is 0 Å². The molecule has 4 heteroatoms. The lowest BCUT2D eigenvalue weighted by molar-refractivity contribution is -0.0498. The molecular formula is C9H7F2NO. The zero-order chi connectivity index (χ0) is 9.68. The molecular weight excluding hydrogens is 176 g/mol. The van der Waals surface area contributed by atoms with Gasteiger partial charge in [-0.05, 0) is 24.3 Å². The van der Waals surface area contributed by atoms with Crippen molar-refractivity contribution in [3.05, 3.63) is 41.2 Å². The van der Waals surface area contributed by atoms with Crippen LogP contribution >= 0.6 is 0 Å². The van der Waals surface area contributed by atoms with Gasteiger partial charge >= 0.3 is 6.61 Å². The maximum absolute atomic E-state index is 11.7. The Labute approximate surface area is 74.6 Å². The van der Waals surface area contributed by atoms with Gasteiger partial charge in [0, 0.05) is 5.56 Å². The van der Waals surface area contributed by atoms with E-state index in [1.165, 1.54) is 12.1 Å². The normalized spacial score (nSPS) is 9.69. The lowest BCUT2D eigenvalue weighted by Gasteiger charge is -2.03. The second-order valence-electron chi connectivity index (χ2n) is 2.34. The highest BCUT2D eigenvalue weighted by atomic mass is 19.3. The van der Waals surface area contributed by atoms with E-state index in [9.17, 15) is 8.78 Å². The zero-order valence-corrected chi connectivity index (χ0v) is 6.71. The Bertz CT molecular complexity index is 302. The second-order valence-corrected chi connectivity index (χ2v) is 2.34. The minimum Gasteiger partial charge on any atom is -0.435 e. The van der Waals surface area contributed by atoms with Crippen LogP contribution in [0.25, 0.3) is 4.85 Å². The Kier molecular flexibility index (Phi) is 3.21. The molecule has 0 heterocycles. The summed E-state index contributed by atoms with van der Waals surface area (Å²) in [7, 11) is 0. The lowest BCUT2D eigenvalue weighted by atomic mass is 10.2. The molecule has 1 rings (SSSR count). The van der Waals surface area contributed by atoms with Crippen molar-refractivity contribution in [1.29, 1.82) is 0 Å². The van der Waals surface area contributed by atoms with E-state index >= 15 is 0 Å². The lowest BCUT2D eigenvalue weighted by Crippen LogP contribution is -2.01. The molecule has 2 nitrogen and oxygen atoms in total. The average Bonchev–Trinajstić information content (AvgIpc) is 2.08. The van der Waals surface area contributed by atoms with Crippen molar-refractivity contribution in [2.45, 2.75) is 13.2 Å². The molecule has 0 N–H and O–H groups in total. The maximum atomic E-state index is 11.7. The van der Waals surface area contributed by atoms with E-state index in [0.717, 1.165) is 5.56 Å². The summed E-state index contributed by atoms with van der Waals surface area (Å²) >= 11 is 0. The van der Waals surface area contributed by atoms with E-state index in [4.69, 9.17) is 6.57 Å². The highest BCUT2D eigenvalue weighted by molar-refractivity contribution is 5.27. The zero-order valence-electron chi connectivity index (χ0n) is 6.71. The quantitative estimate of drug-likeness (QED) is 0.657. The Hall–Kier alpha value is -1.63. The van der Waals surface area contributed by atoms with Crippen molar-refractivity contribution in [3.63, 3.8) is 0 Å². The van der Waals surface area contributed by atoms with Crippen LogP contribution in [0, 0.1) is 6.57 Å². The van der Waals surface area contributed by atoms with Crippen LogP contribution in [-0.2, 0) is 6.54 Å². The second kappa shape index (κ2) is 4.41. The molecule has 0 unspecified atom stereocenters. The molecule has 1 aromatic rings. The summed E-state index contributed by atoms with van der Waals surface area (Å²) in [6.45, 7) is 4.04. The number of hydrogen-bond donors (Lipinski definition) is 0. The van der Waals surface area contributed by atoms with Gasteiger partial charge in [0.2, 0.25) is 6.54 Å². The van der Waals surface area contributed by atoms with Crippen LogP contribution in [0.2, 0.25) is 0 Å². The van der Waals surface area contributed by atoms with E-state index in [-0.39, 0.29) is 12.3 Å². The fraction of sp³-hybridized carbons (Fsp3) is 0.222. The largest absolute Gasteiger partial charge is 0.435 e. The number of benzene rings is 1.